The second-order valence-corrected chi connectivity index (χ2v) is 5.92. The van der Waals surface area contributed by atoms with Crippen LogP contribution in [-0.2, 0) is 6.18 Å². The van der Waals surface area contributed by atoms with Crippen LogP contribution < -0.4 is 5.32 Å². The lowest BCUT2D eigenvalue weighted by Gasteiger charge is -2.15. The van der Waals surface area contributed by atoms with Gasteiger partial charge in [0.25, 0.3) is 0 Å². The molecule has 0 fully saturated rings. The van der Waals surface area contributed by atoms with E-state index in [0.29, 0.717) is 16.9 Å². The minimum Gasteiger partial charge on any atom is -0.385 e. The van der Waals surface area contributed by atoms with Crippen molar-refractivity contribution < 1.29 is 13.2 Å². The normalized spacial score (nSPS) is 11.9. The first-order valence-corrected chi connectivity index (χ1v) is 7.20. The van der Waals surface area contributed by atoms with E-state index < -0.39 is 11.7 Å². The molecule has 1 rings (SSSR count). The smallest absolute Gasteiger partial charge is 0.385 e. The molecule has 0 heterocycles. The highest BCUT2D eigenvalue weighted by atomic mass is 79.9. The molecule has 0 spiro atoms. The zero-order chi connectivity index (χ0) is 14.5. The van der Waals surface area contributed by atoms with E-state index in [0.717, 1.165) is 25.3 Å². The fourth-order valence-corrected chi connectivity index (χ4v) is 2.17. The summed E-state index contributed by atoms with van der Waals surface area (Å²) < 4.78 is 39.0. The molecule has 0 amide bonds. The van der Waals surface area contributed by atoms with Crippen molar-refractivity contribution in [1.29, 1.82) is 0 Å². The Balaban J connectivity index is 2.58. The molecule has 19 heavy (non-hydrogen) atoms. The average molecular weight is 338 g/mol. The lowest BCUT2D eigenvalue weighted by Crippen LogP contribution is -2.11. The minimum atomic E-state index is -4.33. The molecule has 108 valence electrons. The number of anilines is 1. The fourth-order valence-electron chi connectivity index (χ4n) is 1.81. The molecule has 0 aliphatic rings. The number of hydrogen-bond donors (Lipinski definition) is 1. The molecular formula is C14H19BrF3N. The summed E-state index contributed by atoms with van der Waals surface area (Å²) in [6.45, 7) is 4.85. The average Bonchev–Trinajstić information content (AvgIpc) is 2.28. The first kappa shape index (κ1) is 16.3. The van der Waals surface area contributed by atoms with E-state index in [-0.39, 0.29) is 5.69 Å². The molecule has 0 bridgehead atoms. The quantitative estimate of drug-likeness (QED) is 0.656. The van der Waals surface area contributed by atoms with Crippen LogP contribution in [0.3, 0.4) is 0 Å². The molecule has 1 aromatic carbocycles. The van der Waals surface area contributed by atoms with E-state index in [1.54, 1.807) is 6.07 Å². The predicted octanol–water partition coefficient (Wildman–Crippen LogP) is 5.71. The summed E-state index contributed by atoms with van der Waals surface area (Å²) >= 11 is 3.07. The highest BCUT2D eigenvalue weighted by molar-refractivity contribution is 9.10. The third kappa shape index (κ3) is 5.85. The van der Waals surface area contributed by atoms with Gasteiger partial charge in [0.15, 0.2) is 0 Å². The number of halogens is 4. The van der Waals surface area contributed by atoms with E-state index in [1.807, 2.05) is 0 Å². The highest BCUT2D eigenvalue weighted by Gasteiger charge is 2.33. The molecule has 0 aliphatic carbocycles. The highest BCUT2D eigenvalue weighted by Crippen LogP contribution is 2.36. The first-order valence-electron chi connectivity index (χ1n) is 6.41. The molecule has 1 nitrogen and oxygen atoms in total. The van der Waals surface area contributed by atoms with Crippen LogP contribution in [0.4, 0.5) is 18.9 Å². The van der Waals surface area contributed by atoms with Crippen LogP contribution in [-0.4, -0.2) is 6.54 Å². The topological polar surface area (TPSA) is 12.0 Å². The van der Waals surface area contributed by atoms with Gasteiger partial charge in [-0.1, -0.05) is 42.6 Å². The van der Waals surface area contributed by atoms with Gasteiger partial charge in [0.1, 0.15) is 0 Å². The van der Waals surface area contributed by atoms with Crippen molar-refractivity contribution in [2.24, 2.45) is 5.92 Å². The summed E-state index contributed by atoms with van der Waals surface area (Å²) in [5.74, 6) is 0.637. The Morgan fingerprint density at radius 3 is 2.47 bits per heavy atom. The Hall–Kier alpha value is -0.710. The number of hydrogen-bond acceptors (Lipinski definition) is 1. The van der Waals surface area contributed by atoms with Crippen molar-refractivity contribution in [3.63, 3.8) is 0 Å². The van der Waals surface area contributed by atoms with E-state index in [1.165, 1.54) is 6.07 Å². The molecule has 5 heteroatoms. The molecule has 0 saturated carbocycles. The zero-order valence-corrected chi connectivity index (χ0v) is 12.7. The van der Waals surface area contributed by atoms with E-state index in [2.05, 4.69) is 35.1 Å². The Labute approximate surface area is 120 Å². The molecule has 0 aromatic heterocycles. The van der Waals surface area contributed by atoms with Crippen LogP contribution in [0.1, 0.15) is 38.7 Å². The van der Waals surface area contributed by atoms with Gasteiger partial charge in [-0.25, -0.2) is 0 Å². The van der Waals surface area contributed by atoms with Crippen LogP contribution in [0, 0.1) is 5.92 Å². The maximum absolute atomic E-state index is 12.8. The van der Waals surface area contributed by atoms with Gasteiger partial charge >= 0.3 is 6.18 Å². The minimum absolute atomic E-state index is 0.153. The maximum Gasteiger partial charge on any atom is 0.418 e. The van der Waals surface area contributed by atoms with Gasteiger partial charge in [0.05, 0.1) is 5.56 Å². The third-order valence-corrected chi connectivity index (χ3v) is 3.30. The van der Waals surface area contributed by atoms with Crippen molar-refractivity contribution >= 4 is 21.6 Å². The maximum atomic E-state index is 12.8. The van der Waals surface area contributed by atoms with Crippen LogP contribution >= 0.6 is 15.9 Å². The Morgan fingerprint density at radius 1 is 1.21 bits per heavy atom. The van der Waals surface area contributed by atoms with E-state index in [4.69, 9.17) is 0 Å². The lowest BCUT2D eigenvalue weighted by molar-refractivity contribution is -0.137. The van der Waals surface area contributed by atoms with Crippen molar-refractivity contribution in [2.75, 3.05) is 11.9 Å². The van der Waals surface area contributed by atoms with Gasteiger partial charge in [-0.05, 0) is 30.5 Å². The van der Waals surface area contributed by atoms with Gasteiger partial charge in [-0.3, -0.25) is 0 Å². The molecular weight excluding hydrogens is 319 g/mol. The predicted molar refractivity (Wildman–Crippen MR) is 76.3 cm³/mol. The monoisotopic (exact) mass is 337 g/mol. The van der Waals surface area contributed by atoms with Crippen molar-refractivity contribution in [2.45, 2.75) is 39.3 Å². The third-order valence-electron chi connectivity index (χ3n) is 2.81. The molecule has 0 atom stereocenters. The van der Waals surface area contributed by atoms with Gasteiger partial charge in [-0.2, -0.15) is 13.2 Å². The number of rotatable bonds is 6. The van der Waals surface area contributed by atoms with Crippen molar-refractivity contribution in [3.8, 4) is 0 Å². The summed E-state index contributed by atoms with van der Waals surface area (Å²) in [5.41, 5.74) is -0.467. The Morgan fingerprint density at radius 2 is 1.89 bits per heavy atom. The van der Waals surface area contributed by atoms with Gasteiger partial charge in [0, 0.05) is 16.7 Å². The second kappa shape index (κ2) is 7.17. The fraction of sp³-hybridized carbons (Fsp3) is 0.571. The van der Waals surface area contributed by atoms with Gasteiger partial charge < -0.3 is 5.32 Å². The van der Waals surface area contributed by atoms with Gasteiger partial charge in [-0.15, -0.1) is 0 Å². The number of benzene rings is 1. The SMILES string of the molecule is CC(C)CCCCNc1ccc(Br)cc1C(F)(F)F. The molecule has 0 radical (unpaired) electrons. The van der Waals surface area contributed by atoms with Gasteiger partial charge in [0.2, 0.25) is 0 Å². The summed E-state index contributed by atoms with van der Waals surface area (Å²) in [7, 11) is 0. The first-order chi connectivity index (χ1) is 8.80. The standard InChI is InChI=1S/C14H19BrF3N/c1-10(2)5-3-4-8-19-13-7-6-11(15)9-12(13)14(16,17)18/h6-7,9-10,19H,3-5,8H2,1-2H3. The molecule has 1 aromatic rings. The number of unbranched alkanes of at least 4 members (excludes halogenated alkanes) is 1. The van der Waals surface area contributed by atoms with Crippen molar-refractivity contribution in [1.82, 2.24) is 0 Å². The molecule has 1 N–H and O–H groups in total. The largest absolute Gasteiger partial charge is 0.418 e. The van der Waals surface area contributed by atoms with E-state index >= 15 is 0 Å². The zero-order valence-electron chi connectivity index (χ0n) is 11.1. The number of alkyl halides is 3. The van der Waals surface area contributed by atoms with Crippen LogP contribution in [0.5, 0.6) is 0 Å². The van der Waals surface area contributed by atoms with Crippen molar-refractivity contribution in [3.05, 3.63) is 28.2 Å². The van der Waals surface area contributed by atoms with E-state index in [9.17, 15) is 13.2 Å². The summed E-state index contributed by atoms with van der Waals surface area (Å²) in [6, 6.07) is 4.19. The Bertz CT molecular complexity index is 402. The summed E-state index contributed by atoms with van der Waals surface area (Å²) in [6.07, 6.45) is -1.31. The Kier molecular flexibility index (Phi) is 6.17. The summed E-state index contributed by atoms with van der Waals surface area (Å²) in [5, 5.41) is 2.88. The van der Waals surface area contributed by atoms with Crippen LogP contribution in [0.25, 0.3) is 0 Å². The number of nitrogens with one attached hydrogen (secondary N) is 1. The summed E-state index contributed by atoms with van der Waals surface area (Å²) in [4.78, 5) is 0. The van der Waals surface area contributed by atoms with Crippen LogP contribution in [0.15, 0.2) is 22.7 Å². The molecule has 0 saturated heterocycles. The van der Waals surface area contributed by atoms with Crippen LogP contribution in [0.2, 0.25) is 0 Å². The molecule has 0 unspecified atom stereocenters. The molecule has 0 aliphatic heterocycles. The lowest BCUT2D eigenvalue weighted by atomic mass is 10.1. The second-order valence-electron chi connectivity index (χ2n) is 5.00.